The number of fused-ring (bicyclic) bond motifs is 1. The third-order valence-corrected chi connectivity index (χ3v) is 4.96. The standard InChI is InChI=1S/C26H23N3O5/c1-2-16-29-25(31)20-13-7-6-12-19(20)24(28-29)26(32)33-17-23(30)27-21-14-8-9-15-22(21)34-18-10-4-3-5-11-18/h3-15H,2,16-17H2,1H3,(H,27,30). The number of hydrogen-bond acceptors (Lipinski definition) is 6. The lowest BCUT2D eigenvalue weighted by atomic mass is 10.1. The molecule has 4 aromatic rings. The number of hydrogen-bond donors (Lipinski definition) is 1. The summed E-state index contributed by atoms with van der Waals surface area (Å²) in [7, 11) is 0. The molecular weight excluding hydrogens is 434 g/mol. The summed E-state index contributed by atoms with van der Waals surface area (Å²) in [5, 5.41) is 7.64. The van der Waals surface area contributed by atoms with Crippen LogP contribution >= 0.6 is 0 Å². The molecule has 8 heteroatoms. The van der Waals surface area contributed by atoms with Gasteiger partial charge in [-0.15, -0.1) is 0 Å². The van der Waals surface area contributed by atoms with Crippen LogP contribution in [0.1, 0.15) is 23.8 Å². The van der Waals surface area contributed by atoms with Crippen LogP contribution in [-0.4, -0.2) is 28.3 Å². The van der Waals surface area contributed by atoms with Crippen LogP contribution in [0.5, 0.6) is 11.5 Å². The average Bonchev–Trinajstić information content (AvgIpc) is 2.86. The summed E-state index contributed by atoms with van der Waals surface area (Å²) >= 11 is 0. The van der Waals surface area contributed by atoms with Crippen LogP contribution in [0.4, 0.5) is 5.69 Å². The van der Waals surface area contributed by atoms with Gasteiger partial charge in [-0.1, -0.05) is 55.5 Å². The molecule has 0 aliphatic heterocycles. The number of nitrogens with zero attached hydrogens (tertiary/aromatic N) is 2. The molecule has 34 heavy (non-hydrogen) atoms. The highest BCUT2D eigenvalue weighted by Crippen LogP contribution is 2.29. The second-order valence-corrected chi connectivity index (χ2v) is 7.46. The fourth-order valence-electron chi connectivity index (χ4n) is 3.41. The highest BCUT2D eigenvalue weighted by molar-refractivity contribution is 6.03. The maximum Gasteiger partial charge on any atom is 0.359 e. The smallest absolute Gasteiger partial charge is 0.359 e. The molecular formula is C26H23N3O5. The van der Waals surface area contributed by atoms with Gasteiger partial charge in [0.25, 0.3) is 11.5 Å². The van der Waals surface area contributed by atoms with Crippen molar-refractivity contribution in [3.05, 3.63) is 94.9 Å². The second kappa shape index (κ2) is 10.4. The summed E-state index contributed by atoms with van der Waals surface area (Å²) in [5.74, 6) is -0.253. The number of anilines is 1. The van der Waals surface area contributed by atoms with Gasteiger partial charge in [-0.3, -0.25) is 9.59 Å². The van der Waals surface area contributed by atoms with E-state index in [-0.39, 0.29) is 11.3 Å². The number of nitrogens with one attached hydrogen (secondary N) is 1. The van der Waals surface area contributed by atoms with E-state index in [1.54, 1.807) is 60.7 Å². The van der Waals surface area contributed by atoms with Crippen LogP contribution in [0.2, 0.25) is 0 Å². The molecule has 1 N–H and O–H groups in total. The van der Waals surface area contributed by atoms with Gasteiger partial charge < -0.3 is 14.8 Å². The van der Waals surface area contributed by atoms with E-state index in [0.29, 0.717) is 40.9 Å². The lowest BCUT2D eigenvalue weighted by molar-refractivity contribution is -0.119. The third kappa shape index (κ3) is 5.12. The first-order valence-corrected chi connectivity index (χ1v) is 10.9. The predicted molar refractivity (Wildman–Crippen MR) is 128 cm³/mol. The SMILES string of the molecule is CCCn1nc(C(=O)OCC(=O)Nc2ccccc2Oc2ccccc2)c2ccccc2c1=O. The molecule has 172 valence electrons. The highest BCUT2D eigenvalue weighted by atomic mass is 16.5. The quantitative estimate of drug-likeness (QED) is 0.394. The second-order valence-electron chi connectivity index (χ2n) is 7.46. The van der Waals surface area contributed by atoms with Crippen LogP contribution in [0.15, 0.2) is 83.7 Å². The van der Waals surface area contributed by atoms with E-state index >= 15 is 0 Å². The van der Waals surface area contributed by atoms with Crippen molar-refractivity contribution in [3.8, 4) is 11.5 Å². The van der Waals surface area contributed by atoms with Crippen molar-refractivity contribution in [3.63, 3.8) is 0 Å². The maximum atomic E-state index is 12.8. The topological polar surface area (TPSA) is 99.5 Å². The van der Waals surface area contributed by atoms with Crippen molar-refractivity contribution in [2.24, 2.45) is 0 Å². The zero-order chi connectivity index (χ0) is 23.9. The number of carbonyl (C=O) groups is 2. The van der Waals surface area contributed by atoms with Gasteiger partial charge in [0.05, 0.1) is 11.1 Å². The molecule has 0 atom stereocenters. The normalized spacial score (nSPS) is 10.6. The molecule has 0 fully saturated rings. The van der Waals surface area contributed by atoms with E-state index in [1.807, 2.05) is 25.1 Å². The Morgan fingerprint density at radius 3 is 2.35 bits per heavy atom. The van der Waals surface area contributed by atoms with E-state index in [9.17, 15) is 14.4 Å². The van der Waals surface area contributed by atoms with Crippen molar-refractivity contribution in [1.29, 1.82) is 0 Å². The summed E-state index contributed by atoms with van der Waals surface area (Å²) in [6.45, 7) is 1.75. The number of ether oxygens (including phenoxy) is 2. The van der Waals surface area contributed by atoms with Crippen LogP contribution in [-0.2, 0) is 16.1 Å². The molecule has 0 unspecified atom stereocenters. The molecule has 8 nitrogen and oxygen atoms in total. The van der Waals surface area contributed by atoms with Gasteiger partial charge in [0, 0.05) is 11.9 Å². The molecule has 3 aromatic carbocycles. The summed E-state index contributed by atoms with van der Waals surface area (Å²) in [6, 6.07) is 22.8. The van der Waals surface area contributed by atoms with Crippen LogP contribution < -0.4 is 15.6 Å². The first kappa shape index (κ1) is 22.7. The minimum absolute atomic E-state index is 0.00994. The molecule has 1 heterocycles. The first-order chi connectivity index (χ1) is 16.6. The lowest BCUT2D eigenvalue weighted by Crippen LogP contribution is -2.27. The Hall–Kier alpha value is -4.46. The fourth-order valence-corrected chi connectivity index (χ4v) is 3.41. The van der Waals surface area contributed by atoms with Crippen molar-refractivity contribution in [1.82, 2.24) is 9.78 Å². The van der Waals surface area contributed by atoms with Crippen molar-refractivity contribution < 1.29 is 19.1 Å². The van der Waals surface area contributed by atoms with Gasteiger partial charge in [0.15, 0.2) is 18.1 Å². The summed E-state index contributed by atoms with van der Waals surface area (Å²) < 4.78 is 12.3. The Morgan fingerprint density at radius 2 is 1.59 bits per heavy atom. The largest absolute Gasteiger partial charge is 0.455 e. The molecule has 1 aromatic heterocycles. The van der Waals surface area contributed by atoms with Gasteiger partial charge in [-0.25, -0.2) is 9.48 Å². The molecule has 0 spiro atoms. The zero-order valence-electron chi connectivity index (χ0n) is 18.6. The Morgan fingerprint density at radius 1 is 0.912 bits per heavy atom. The zero-order valence-corrected chi connectivity index (χ0v) is 18.6. The minimum Gasteiger partial charge on any atom is -0.455 e. The van der Waals surface area contributed by atoms with Crippen LogP contribution in [0.3, 0.4) is 0 Å². The van der Waals surface area contributed by atoms with E-state index in [1.165, 1.54) is 4.68 Å². The van der Waals surface area contributed by atoms with E-state index < -0.39 is 18.5 Å². The summed E-state index contributed by atoms with van der Waals surface area (Å²) in [4.78, 5) is 37.9. The van der Waals surface area contributed by atoms with Crippen LogP contribution in [0.25, 0.3) is 10.8 Å². The molecule has 0 aliphatic rings. The molecule has 0 saturated carbocycles. The molecule has 0 saturated heterocycles. The van der Waals surface area contributed by atoms with Crippen molar-refractivity contribution in [2.75, 3.05) is 11.9 Å². The number of benzene rings is 3. The number of amides is 1. The van der Waals surface area contributed by atoms with Crippen molar-refractivity contribution in [2.45, 2.75) is 19.9 Å². The summed E-state index contributed by atoms with van der Waals surface area (Å²) in [6.07, 6.45) is 0.673. The molecule has 0 bridgehead atoms. The van der Waals surface area contributed by atoms with Crippen molar-refractivity contribution >= 4 is 28.3 Å². The van der Waals surface area contributed by atoms with Gasteiger partial charge in [-0.2, -0.15) is 5.10 Å². The Labute approximate surface area is 195 Å². The maximum absolute atomic E-state index is 12.8. The Balaban J connectivity index is 1.48. The molecule has 0 radical (unpaired) electrons. The van der Waals surface area contributed by atoms with E-state index in [2.05, 4.69) is 10.4 Å². The lowest BCUT2D eigenvalue weighted by Gasteiger charge is -2.13. The minimum atomic E-state index is -0.787. The number of aromatic nitrogens is 2. The van der Waals surface area contributed by atoms with Gasteiger partial charge in [-0.05, 0) is 36.8 Å². The number of carbonyl (C=O) groups excluding carboxylic acids is 2. The van der Waals surface area contributed by atoms with Gasteiger partial charge in [0.2, 0.25) is 0 Å². The Kier molecular flexibility index (Phi) is 6.98. The fraction of sp³-hybridized carbons (Fsp3) is 0.154. The third-order valence-electron chi connectivity index (χ3n) is 4.96. The molecule has 4 rings (SSSR count). The molecule has 1 amide bonds. The summed E-state index contributed by atoms with van der Waals surface area (Å²) in [5.41, 5.74) is 0.151. The number of para-hydroxylation sites is 3. The number of rotatable bonds is 8. The number of esters is 1. The highest BCUT2D eigenvalue weighted by Gasteiger charge is 2.19. The monoisotopic (exact) mass is 457 g/mol. The van der Waals surface area contributed by atoms with Gasteiger partial charge in [0.1, 0.15) is 5.75 Å². The molecule has 0 aliphatic carbocycles. The Bertz CT molecular complexity index is 1380. The van der Waals surface area contributed by atoms with E-state index in [4.69, 9.17) is 9.47 Å². The van der Waals surface area contributed by atoms with E-state index in [0.717, 1.165) is 0 Å². The first-order valence-electron chi connectivity index (χ1n) is 10.9. The van der Waals surface area contributed by atoms with Gasteiger partial charge >= 0.3 is 5.97 Å². The average molecular weight is 457 g/mol. The van der Waals surface area contributed by atoms with Crippen LogP contribution in [0, 0.1) is 0 Å². The number of aryl methyl sites for hydroxylation is 1. The predicted octanol–water partition coefficient (Wildman–Crippen LogP) is 4.39.